The largest absolute Gasteiger partial charge is 0.394 e. The van der Waals surface area contributed by atoms with Crippen LogP contribution in [0.25, 0.3) is 5.69 Å². The number of rotatable bonds is 4. The van der Waals surface area contributed by atoms with Crippen molar-refractivity contribution in [2.75, 3.05) is 6.61 Å². The van der Waals surface area contributed by atoms with Crippen molar-refractivity contribution < 1.29 is 9.90 Å². The van der Waals surface area contributed by atoms with E-state index in [1.807, 2.05) is 0 Å². The van der Waals surface area contributed by atoms with Gasteiger partial charge in [0.25, 0.3) is 5.91 Å². The van der Waals surface area contributed by atoms with Gasteiger partial charge in [-0.3, -0.25) is 4.79 Å². The Morgan fingerprint density at radius 2 is 2.10 bits per heavy atom. The monoisotopic (exact) mass is 273 g/mol. The number of carbonyl (C=O) groups excluding carboxylic acids is 1. The molecule has 1 aliphatic carbocycles. The SMILES string of the molecule is O=C(NC1(CO)CCC1)c1ccc(-n2cnnn2)cc1. The van der Waals surface area contributed by atoms with E-state index >= 15 is 0 Å². The number of aliphatic hydroxyl groups is 1. The van der Waals surface area contributed by atoms with Crippen LogP contribution in [0.1, 0.15) is 29.6 Å². The van der Waals surface area contributed by atoms with Gasteiger partial charge in [-0.2, -0.15) is 0 Å². The van der Waals surface area contributed by atoms with Crippen molar-refractivity contribution in [2.45, 2.75) is 24.8 Å². The number of amides is 1. The number of benzene rings is 1. The number of hydrogen-bond acceptors (Lipinski definition) is 5. The third kappa shape index (κ3) is 2.27. The zero-order valence-corrected chi connectivity index (χ0v) is 10.9. The Bertz CT molecular complexity index is 584. The van der Waals surface area contributed by atoms with Gasteiger partial charge in [0.15, 0.2) is 0 Å². The van der Waals surface area contributed by atoms with Crippen molar-refractivity contribution in [3.63, 3.8) is 0 Å². The normalized spacial score (nSPS) is 16.4. The first-order chi connectivity index (χ1) is 9.72. The Labute approximate surface area is 115 Å². The topological polar surface area (TPSA) is 92.9 Å². The first-order valence-electron chi connectivity index (χ1n) is 6.49. The summed E-state index contributed by atoms with van der Waals surface area (Å²) in [6.07, 6.45) is 4.19. The second kappa shape index (κ2) is 5.01. The highest BCUT2D eigenvalue weighted by Crippen LogP contribution is 2.31. The Morgan fingerprint density at radius 3 is 2.60 bits per heavy atom. The van der Waals surface area contributed by atoms with Crippen LogP contribution in [0, 0.1) is 0 Å². The van der Waals surface area contributed by atoms with Crippen molar-refractivity contribution in [2.24, 2.45) is 0 Å². The van der Waals surface area contributed by atoms with E-state index < -0.39 is 5.54 Å². The first-order valence-corrected chi connectivity index (χ1v) is 6.49. The summed E-state index contributed by atoms with van der Waals surface area (Å²) in [4.78, 5) is 12.1. The summed E-state index contributed by atoms with van der Waals surface area (Å²) in [5.41, 5.74) is 0.916. The fourth-order valence-electron chi connectivity index (χ4n) is 2.28. The molecule has 0 spiro atoms. The summed E-state index contributed by atoms with van der Waals surface area (Å²) < 4.78 is 1.52. The Hall–Kier alpha value is -2.28. The van der Waals surface area contributed by atoms with Crippen molar-refractivity contribution >= 4 is 5.91 Å². The van der Waals surface area contributed by atoms with Crippen molar-refractivity contribution in [3.05, 3.63) is 36.2 Å². The van der Waals surface area contributed by atoms with E-state index in [2.05, 4.69) is 20.8 Å². The number of aliphatic hydroxyl groups excluding tert-OH is 1. The predicted molar refractivity (Wildman–Crippen MR) is 70.3 cm³/mol. The Balaban J connectivity index is 1.73. The lowest BCUT2D eigenvalue weighted by Crippen LogP contribution is -2.56. The zero-order valence-electron chi connectivity index (χ0n) is 10.9. The minimum absolute atomic E-state index is 0.0125. The smallest absolute Gasteiger partial charge is 0.251 e. The molecule has 7 nitrogen and oxygen atoms in total. The van der Waals surface area contributed by atoms with Gasteiger partial charge in [-0.05, 0) is 54.0 Å². The average Bonchev–Trinajstić information content (AvgIpc) is 2.97. The molecule has 0 bridgehead atoms. The van der Waals surface area contributed by atoms with Crippen LogP contribution in [-0.4, -0.2) is 43.4 Å². The van der Waals surface area contributed by atoms with Crippen LogP contribution in [0.2, 0.25) is 0 Å². The molecule has 7 heteroatoms. The van der Waals surface area contributed by atoms with Gasteiger partial charge < -0.3 is 10.4 Å². The quantitative estimate of drug-likeness (QED) is 0.836. The van der Waals surface area contributed by atoms with Crippen LogP contribution in [0.15, 0.2) is 30.6 Å². The molecule has 2 aromatic rings. The molecule has 0 radical (unpaired) electrons. The molecule has 1 saturated carbocycles. The molecule has 1 fully saturated rings. The lowest BCUT2D eigenvalue weighted by atomic mass is 9.77. The summed E-state index contributed by atoms with van der Waals surface area (Å²) >= 11 is 0. The molecule has 3 rings (SSSR count). The van der Waals surface area contributed by atoms with Gasteiger partial charge in [-0.15, -0.1) is 5.10 Å². The zero-order chi connectivity index (χ0) is 14.0. The highest BCUT2D eigenvalue weighted by atomic mass is 16.3. The maximum Gasteiger partial charge on any atom is 0.251 e. The lowest BCUT2D eigenvalue weighted by molar-refractivity contribution is 0.0641. The number of nitrogens with one attached hydrogen (secondary N) is 1. The predicted octanol–water partition coefficient (Wildman–Crippen LogP) is 0.307. The van der Waals surface area contributed by atoms with Gasteiger partial charge in [0, 0.05) is 5.56 Å². The van der Waals surface area contributed by atoms with E-state index in [-0.39, 0.29) is 12.5 Å². The molecule has 1 aliphatic rings. The number of carbonyl (C=O) groups is 1. The molecule has 1 aromatic heterocycles. The van der Waals surface area contributed by atoms with Gasteiger partial charge in [-0.25, -0.2) is 4.68 Å². The van der Waals surface area contributed by atoms with Crippen LogP contribution in [0.4, 0.5) is 0 Å². The summed E-state index contributed by atoms with van der Waals surface area (Å²) in [7, 11) is 0. The van der Waals surface area contributed by atoms with Crippen LogP contribution in [0.5, 0.6) is 0 Å². The Morgan fingerprint density at radius 1 is 1.35 bits per heavy atom. The minimum Gasteiger partial charge on any atom is -0.394 e. The molecule has 20 heavy (non-hydrogen) atoms. The van der Waals surface area contributed by atoms with E-state index in [0.717, 1.165) is 24.9 Å². The van der Waals surface area contributed by atoms with Gasteiger partial charge in [0.1, 0.15) is 6.33 Å². The summed E-state index contributed by atoms with van der Waals surface area (Å²) in [5.74, 6) is -0.165. The number of aromatic nitrogens is 4. The molecular weight excluding hydrogens is 258 g/mol. The van der Waals surface area contributed by atoms with Gasteiger partial charge >= 0.3 is 0 Å². The number of hydrogen-bond donors (Lipinski definition) is 2. The fraction of sp³-hybridized carbons (Fsp3) is 0.385. The number of tetrazole rings is 1. The van der Waals surface area contributed by atoms with Crippen molar-refractivity contribution in [1.29, 1.82) is 0 Å². The molecule has 1 aromatic carbocycles. The molecule has 0 atom stereocenters. The maximum atomic E-state index is 12.1. The summed E-state index contributed by atoms with van der Waals surface area (Å²) in [6, 6.07) is 6.99. The third-order valence-electron chi connectivity index (χ3n) is 3.74. The molecule has 0 aliphatic heterocycles. The van der Waals surface area contributed by atoms with Gasteiger partial charge in [0.2, 0.25) is 0 Å². The van der Waals surface area contributed by atoms with Gasteiger partial charge in [-0.1, -0.05) is 0 Å². The lowest BCUT2D eigenvalue weighted by Gasteiger charge is -2.40. The molecule has 0 saturated heterocycles. The first kappa shape index (κ1) is 12.7. The highest BCUT2D eigenvalue weighted by Gasteiger charge is 2.37. The molecule has 1 amide bonds. The van der Waals surface area contributed by atoms with Gasteiger partial charge in [0.05, 0.1) is 17.8 Å². The van der Waals surface area contributed by atoms with E-state index in [1.165, 1.54) is 11.0 Å². The van der Waals surface area contributed by atoms with Crippen molar-refractivity contribution in [3.8, 4) is 5.69 Å². The molecule has 2 N–H and O–H groups in total. The van der Waals surface area contributed by atoms with Crippen LogP contribution < -0.4 is 5.32 Å². The van der Waals surface area contributed by atoms with E-state index in [4.69, 9.17) is 0 Å². The minimum atomic E-state index is -0.425. The number of nitrogens with zero attached hydrogens (tertiary/aromatic N) is 4. The van der Waals surface area contributed by atoms with E-state index in [1.54, 1.807) is 24.3 Å². The van der Waals surface area contributed by atoms with Crippen LogP contribution in [0.3, 0.4) is 0 Å². The van der Waals surface area contributed by atoms with Crippen molar-refractivity contribution in [1.82, 2.24) is 25.5 Å². The second-order valence-electron chi connectivity index (χ2n) is 5.05. The maximum absolute atomic E-state index is 12.1. The van der Waals surface area contributed by atoms with E-state index in [9.17, 15) is 9.90 Å². The third-order valence-corrected chi connectivity index (χ3v) is 3.74. The molecular formula is C13H15N5O2. The molecule has 0 unspecified atom stereocenters. The second-order valence-corrected chi connectivity index (χ2v) is 5.05. The molecule has 104 valence electrons. The van der Waals surface area contributed by atoms with E-state index in [0.29, 0.717) is 5.56 Å². The highest BCUT2D eigenvalue weighted by molar-refractivity contribution is 5.95. The van der Waals surface area contributed by atoms with Crippen LogP contribution >= 0.6 is 0 Å². The Kier molecular flexibility index (Phi) is 3.19. The fourth-order valence-corrected chi connectivity index (χ4v) is 2.28. The average molecular weight is 273 g/mol. The van der Waals surface area contributed by atoms with Crippen LogP contribution in [-0.2, 0) is 0 Å². The summed E-state index contributed by atoms with van der Waals surface area (Å²) in [6.45, 7) is -0.0125. The summed E-state index contributed by atoms with van der Waals surface area (Å²) in [5, 5.41) is 23.2. The molecule has 1 heterocycles. The standard InChI is InChI=1S/C13H15N5O2/c19-8-13(6-1-7-13)15-12(20)10-2-4-11(5-3-10)18-9-14-16-17-18/h2-5,9,19H,1,6-8H2,(H,15,20).